The van der Waals surface area contributed by atoms with Crippen LogP contribution in [0.4, 0.5) is 4.79 Å². The van der Waals surface area contributed by atoms with Crippen LogP contribution >= 0.6 is 7.14 Å². The number of carbonyl (C=O) groups is 1. The molecule has 0 saturated heterocycles. The Kier molecular flexibility index (Phi) is 6.23. The predicted octanol–water partition coefficient (Wildman–Crippen LogP) is 3.84. The molecule has 1 aliphatic heterocycles. The number of amides is 1. The molecule has 4 nitrogen and oxygen atoms in total. The summed E-state index contributed by atoms with van der Waals surface area (Å²) in [6.07, 6.45) is 4.54. The lowest BCUT2D eigenvalue weighted by atomic mass is 10.2. The third-order valence-corrected chi connectivity index (χ3v) is 8.21. The summed E-state index contributed by atoms with van der Waals surface area (Å²) in [5.41, 5.74) is 0.836. The molecule has 0 spiro atoms. The molecule has 0 bridgehead atoms. The van der Waals surface area contributed by atoms with Crippen LogP contribution in [0, 0.1) is 0 Å². The van der Waals surface area contributed by atoms with Crippen LogP contribution in [0.15, 0.2) is 66.1 Å². The van der Waals surface area contributed by atoms with Crippen molar-refractivity contribution in [2.24, 2.45) is 0 Å². The molecule has 1 heterocycles. The van der Waals surface area contributed by atoms with E-state index >= 15 is 0 Å². The molecule has 1 amide bonds. The van der Waals surface area contributed by atoms with Crippen LogP contribution in [0.3, 0.4) is 0 Å². The Labute approximate surface area is 162 Å². The summed E-state index contributed by atoms with van der Waals surface area (Å²) >= 11 is 0. The number of ether oxygens (including phenoxy) is 2. The van der Waals surface area contributed by atoms with Crippen molar-refractivity contribution in [3.05, 3.63) is 66.1 Å². The van der Waals surface area contributed by atoms with E-state index in [2.05, 4.69) is 6.08 Å². The molecule has 3 radical (unpaired) electrons. The molecular formula is C21H24BNO3P. The molecule has 27 heavy (non-hydrogen) atoms. The standard InChI is InChI=1S/C21H24BNO3P/c1-25-18-13-8-9-14-19(18)27(22,17-11-5-3-6-12-17)20-15-7-4-10-16-23(20)21(24)26-2/h3,5-6,8-9,11-15H,4,7,10,16H2,1-2H3. The van der Waals surface area contributed by atoms with Crippen LogP contribution in [0.5, 0.6) is 5.75 Å². The predicted molar refractivity (Wildman–Crippen MR) is 112 cm³/mol. The van der Waals surface area contributed by atoms with E-state index in [1.807, 2.05) is 54.6 Å². The minimum atomic E-state index is -2.59. The second-order valence-electron chi connectivity index (χ2n) is 6.41. The lowest BCUT2D eigenvalue weighted by molar-refractivity contribution is 0.138. The van der Waals surface area contributed by atoms with E-state index in [4.69, 9.17) is 17.0 Å². The average Bonchev–Trinajstić information content (AvgIpc) is 2.99. The molecule has 0 N–H and O–H groups in total. The van der Waals surface area contributed by atoms with Crippen LogP contribution < -0.4 is 15.3 Å². The highest BCUT2D eigenvalue weighted by atomic mass is 31.2. The first-order valence-corrected chi connectivity index (χ1v) is 10.9. The van der Waals surface area contributed by atoms with Crippen molar-refractivity contribution in [1.29, 1.82) is 0 Å². The van der Waals surface area contributed by atoms with Gasteiger partial charge in [0.25, 0.3) is 0 Å². The SMILES string of the molecule is [B-][P+](C1=CCCCCN1C(=O)OC)(c1ccccc1)c1ccccc1OC. The highest BCUT2D eigenvalue weighted by molar-refractivity contribution is 8.11. The van der Waals surface area contributed by atoms with Gasteiger partial charge in [0.1, 0.15) is 5.44 Å². The number of allylic oxidation sites excluding steroid dienone is 1. The van der Waals surface area contributed by atoms with E-state index in [-0.39, 0.29) is 6.09 Å². The molecule has 2 aromatic carbocycles. The summed E-state index contributed by atoms with van der Waals surface area (Å²) in [4.78, 5) is 14.3. The fraction of sp³-hybridized carbons (Fsp3) is 0.286. The number of para-hydroxylation sites is 1. The maximum Gasteiger partial charge on any atom is 0.416 e. The van der Waals surface area contributed by atoms with Gasteiger partial charge in [-0.25, -0.2) is 4.79 Å². The van der Waals surface area contributed by atoms with Crippen LogP contribution in [-0.2, 0) is 4.74 Å². The highest BCUT2D eigenvalue weighted by Gasteiger charge is 2.38. The fourth-order valence-corrected chi connectivity index (χ4v) is 6.72. The maximum absolute atomic E-state index is 12.6. The number of nitrogens with zero attached hydrogens (tertiary/aromatic N) is 1. The summed E-state index contributed by atoms with van der Waals surface area (Å²) in [5.74, 6) is 0.729. The third-order valence-electron chi connectivity index (χ3n) is 4.82. The Morgan fingerprint density at radius 2 is 1.74 bits per heavy atom. The lowest BCUT2D eigenvalue weighted by Gasteiger charge is -2.42. The Hall–Kier alpha value is -2.26. The number of carbonyl (C=O) groups excluding carboxylic acids is 1. The van der Waals surface area contributed by atoms with E-state index in [1.54, 1.807) is 12.0 Å². The zero-order valence-corrected chi connectivity index (χ0v) is 16.7. The van der Waals surface area contributed by atoms with Crippen molar-refractivity contribution in [3.63, 3.8) is 0 Å². The largest absolute Gasteiger partial charge is 0.493 e. The van der Waals surface area contributed by atoms with E-state index in [0.29, 0.717) is 6.54 Å². The second kappa shape index (κ2) is 8.62. The van der Waals surface area contributed by atoms with Gasteiger partial charge < -0.3 is 9.47 Å². The first-order valence-electron chi connectivity index (χ1n) is 9.06. The van der Waals surface area contributed by atoms with Gasteiger partial charge in [-0.3, -0.25) is 12.5 Å². The molecule has 0 aromatic heterocycles. The van der Waals surface area contributed by atoms with Crippen molar-refractivity contribution >= 4 is 31.4 Å². The first-order chi connectivity index (χ1) is 13.1. The molecule has 139 valence electrons. The lowest BCUT2D eigenvalue weighted by Crippen LogP contribution is -2.37. The van der Waals surface area contributed by atoms with Gasteiger partial charge in [0, 0.05) is 6.54 Å². The number of benzene rings is 2. The van der Waals surface area contributed by atoms with Gasteiger partial charge in [-0.1, -0.05) is 30.3 Å². The number of hydrogen-bond donors (Lipinski definition) is 0. The fourth-order valence-electron chi connectivity index (χ4n) is 3.48. The quantitative estimate of drug-likeness (QED) is 0.598. The third kappa shape index (κ3) is 3.75. The minimum absolute atomic E-state index is 0.371. The Morgan fingerprint density at radius 3 is 2.44 bits per heavy atom. The smallest absolute Gasteiger partial charge is 0.416 e. The van der Waals surface area contributed by atoms with Crippen LogP contribution in [0.2, 0.25) is 0 Å². The van der Waals surface area contributed by atoms with Crippen molar-refractivity contribution in [2.75, 3.05) is 20.8 Å². The number of hydrogen-bond acceptors (Lipinski definition) is 3. The topological polar surface area (TPSA) is 38.8 Å². The maximum atomic E-state index is 12.6. The molecule has 3 rings (SSSR count). The van der Waals surface area contributed by atoms with E-state index in [1.165, 1.54) is 7.11 Å². The zero-order chi connectivity index (χ0) is 19.3. The number of methoxy groups -OCH3 is 2. The summed E-state index contributed by atoms with van der Waals surface area (Å²) in [6.45, 7) is 0.597. The molecule has 2 aromatic rings. The van der Waals surface area contributed by atoms with E-state index in [0.717, 1.165) is 41.1 Å². The summed E-state index contributed by atoms with van der Waals surface area (Å²) in [5, 5.41) is 1.91. The van der Waals surface area contributed by atoms with Gasteiger partial charge in [-0.2, -0.15) is 0 Å². The monoisotopic (exact) mass is 380 g/mol. The van der Waals surface area contributed by atoms with Crippen LogP contribution in [0.25, 0.3) is 0 Å². The normalized spacial score (nSPS) is 16.7. The van der Waals surface area contributed by atoms with Gasteiger partial charge in [-0.05, 0) is 49.6 Å². The van der Waals surface area contributed by atoms with Crippen LogP contribution in [0.1, 0.15) is 19.3 Å². The zero-order valence-electron chi connectivity index (χ0n) is 15.8. The van der Waals surface area contributed by atoms with Gasteiger partial charge in [0.05, 0.1) is 24.8 Å². The van der Waals surface area contributed by atoms with E-state index in [9.17, 15) is 4.79 Å². The summed E-state index contributed by atoms with van der Waals surface area (Å²) < 4.78 is 10.7. The molecule has 1 aliphatic rings. The van der Waals surface area contributed by atoms with Gasteiger partial charge in [0.2, 0.25) is 0 Å². The van der Waals surface area contributed by atoms with Gasteiger partial charge >= 0.3 is 6.09 Å². The molecule has 0 aliphatic carbocycles. The Morgan fingerprint density at radius 1 is 1.04 bits per heavy atom. The second-order valence-corrected chi connectivity index (χ2v) is 9.31. The molecule has 1 atom stereocenters. The minimum Gasteiger partial charge on any atom is -0.493 e. The first kappa shape index (κ1) is 19.5. The van der Waals surface area contributed by atoms with Crippen molar-refractivity contribution in [3.8, 4) is 5.75 Å². The molecule has 0 fully saturated rings. The highest BCUT2D eigenvalue weighted by Crippen LogP contribution is 2.62. The Bertz CT molecular complexity index is 827. The Balaban J connectivity index is 2.26. The summed E-state index contributed by atoms with van der Waals surface area (Å²) in [6, 6.07) is 17.8. The molecule has 6 heteroatoms. The molecule has 1 unspecified atom stereocenters. The number of rotatable bonds is 4. The molecular weight excluding hydrogens is 356 g/mol. The van der Waals surface area contributed by atoms with Crippen molar-refractivity contribution < 1.29 is 14.3 Å². The van der Waals surface area contributed by atoms with Crippen molar-refractivity contribution in [2.45, 2.75) is 19.3 Å². The summed E-state index contributed by atoms with van der Waals surface area (Å²) in [7, 11) is 7.72. The van der Waals surface area contributed by atoms with Gasteiger partial charge in [-0.15, -0.1) is 7.14 Å². The molecule has 0 saturated carbocycles. The van der Waals surface area contributed by atoms with Crippen LogP contribution in [-0.4, -0.2) is 39.3 Å². The van der Waals surface area contributed by atoms with Gasteiger partial charge in [0.15, 0.2) is 5.75 Å². The average molecular weight is 380 g/mol. The van der Waals surface area contributed by atoms with Crippen molar-refractivity contribution in [1.82, 2.24) is 4.90 Å². The van der Waals surface area contributed by atoms with E-state index < -0.39 is 7.14 Å².